The number of hydrogen-bond acceptors (Lipinski definition) is 4. The third-order valence-corrected chi connectivity index (χ3v) is 5.72. The minimum Gasteiger partial charge on any atom is -0.324 e. The van der Waals surface area contributed by atoms with Crippen LogP contribution in [0.1, 0.15) is 46.0 Å². The van der Waals surface area contributed by atoms with E-state index in [0.717, 1.165) is 19.3 Å². The molecule has 1 amide bonds. The molecule has 0 aromatic carbocycles. The fourth-order valence-electron chi connectivity index (χ4n) is 3.31. The lowest BCUT2D eigenvalue weighted by Crippen LogP contribution is -2.45. The molecule has 0 spiro atoms. The van der Waals surface area contributed by atoms with Gasteiger partial charge in [-0.2, -0.15) is 0 Å². The first-order valence-corrected chi connectivity index (χ1v) is 9.59. The molecular formula is C14H26N2O3S. The highest BCUT2D eigenvalue weighted by Crippen LogP contribution is 2.35. The molecule has 0 bridgehead atoms. The zero-order valence-corrected chi connectivity index (χ0v) is 13.5. The monoisotopic (exact) mass is 302 g/mol. The molecule has 1 N–H and O–H groups in total. The molecule has 1 saturated heterocycles. The summed E-state index contributed by atoms with van der Waals surface area (Å²) in [7, 11) is -3.05. The Labute approximate surface area is 122 Å². The Bertz CT molecular complexity index is 471. The van der Waals surface area contributed by atoms with Crippen molar-refractivity contribution in [1.29, 1.82) is 0 Å². The first kappa shape index (κ1) is 15.8. The summed E-state index contributed by atoms with van der Waals surface area (Å²) in [4.78, 5) is 14.4. The molecule has 1 aliphatic carbocycles. The van der Waals surface area contributed by atoms with Gasteiger partial charge in [0, 0.05) is 12.8 Å². The van der Waals surface area contributed by atoms with E-state index in [1.807, 2.05) is 13.8 Å². The van der Waals surface area contributed by atoms with Crippen LogP contribution in [-0.4, -0.2) is 49.5 Å². The summed E-state index contributed by atoms with van der Waals surface area (Å²) < 4.78 is 22.8. The van der Waals surface area contributed by atoms with E-state index in [-0.39, 0.29) is 17.8 Å². The lowest BCUT2D eigenvalue weighted by Gasteiger charge is -2.28. The molecule has 1 heterocycles. The number of amides is 1. The summed E-state index contributed by atoms with van der Waals surface area (Å²) in [5, 5.41) is 3.48. The van der Waals surface area contributed by atoms with Crippen molar-refractivity contribution in [3.8, 4) is 0 Å². The van der Waals surface area contributed by atoms with Crippen molar-refractivity contribution in [2.45, 2.75) is 57.7 Å². The van der Waals surface area contributed by atoms with Gasteiger partial charge < -0.3 is 4.90 Å². The zero-order chi connectivity index (χ0) is 15.0. The maximum atomic E-state index is 12.6. The molecule has 2 aliphatic rings. The second kappa shape index (κ2) is 5.64. The quantitative estimate of drug-likeness (QED) is 0.827. The maximum absolute atomic E-state index is 12.6. The smallest absolute Gasteiger partial charge is 0.243 e. The van der Waals surface area contributed by atoms with Crippen molar-refractivity contribution in [2.24, 2.45) is 5.92 Å². The number of rotatable bonds is 5. The minimum absolute atomic E-state index is 0.0108. The van der Waals surface area contributed by atoms with E-state index in [0.29, 0.717) is 12.5 Å². The van der Waals surface area contributed by atoms with Crippen molar-refractivity contribution in [2.75, 3.05) is 18.6 Å². The number of nitrogens with one attached hydrogen (secondary N) is 1. The predicted molar refractivity (Wildman–Crippen MR) is 79.0 cm³/mol. The molecule has 0 aromatic rings. The van der Waals surface area contributed by atoms with Crippen LogP contribution in [0.2, 0.25) is 0 Å². The molecule has 2 atom stereocenters. The molecule has 1 aliphatic heterocycles. The molecule has 1 saturated carbocycles. The molecule has 116 valence electrons. The van der Waals surface area contributed by atoms with E-state index in [1.54, 1.807) is 4.90 Å². The Morgan fingerprint density at radius 1 is 1.35 bits per heavy atom. The van der Waals surface area contributed by atoms with Gasteiger partial charge in [0.25, 0.3) is 0 Å². The highest BCUT2D eigenvalue weighted by Gasteiger charge is 2.49. The van der Waals surface area contributed by atoms with Crippen LogP contribution >= 0.6 is 0 Å². The average molecular weight is 302 g/mol. The third kappa shape index (κ3) is 3.17. The second-order valence-electron chi connectivity index (χ2n) is 6.45. The van der Waals surface area contributed by atoms with E-state index in [2.05, 4.69) is 5.32 Å². The Morgan fingerprint density at radius 2 is 1.95 bits per heavy atom. The number of carbonyl (C=O) groups is 1. The first-order chi connectivity index (χ1) is 9.27. The van der Waals surface area contributed by atoms with E-state index in [1.165, 1.54) is 19.1 Å². The van der Waals surface area contributed by atoms with Gasteiger partial charge in [-0.25, -0.2) is 8.42 Å². The van der Waals surface area contributed by atoms with Crippen molar-refractivity contribution >= 4 is 15.7 Å². The molecule has 0 radical (unpaired) electrons. The Hall–Kier alpha value is -0.620. The third-order valence-electron chi connectivity index (χ3n) is 4.79. The highest BCUT2D eigenvalue weighted by molar-refractivity contribution is 7.90. The molecule has 5 nitrogen and oxygen atoms in total. The minimum atomic E-state index is -3.05. The van der Waals surface area contributed by atoms with Crippen LogP contribution in [0.25, 0.3) is 0 Å². The molecule has 2 rings (SSSR count). The van der Waals surface area contributed by atoms with Crippen LogP contribution in [0.4, 0.5) is 0 Å². The summed E-state index contributed by atoms with van der Waals surface area (Å²) in [6.07, 6.45) is 6.63. The van der Waals surface area contributed by atoms with Gasteiger partial charge in [-0.1, -0.05) is 19.8 Å². The highest BCUT2D eigenvalue weighted by atomic mass is 32.2. The lowest BCUT2D eigenvalue weighted by molar-refractivity contribution is -0.133. The number of sulfone groups is 1. The van der Waals surface area contributed by atoms with Crippen LogP contribution in [0.15, 0.2) is 0 Å². The maximum Gasteiger partial charge on any atom is 0.243 e. The number of nitrogens with zero attached hydrogens (tertiary/aromatic N) is 1. The lowest BCUT2D eigenvalue weighted by atomic mass is 9.99. The average Bonchev–Trinajstić information content (AvgIpc) is 2.96. The summed E-state index contributed by atoms with van der Waals surface area (Å²) in [5.74, 6) is 0.566. The fraction of sp³-hybridized carbons (Fsp3) is 0.929. The normalized spacial score (nSPS) is 32.2. The van der Waals surface area contributed by atoms with Crippen molar-refractivity contribution < 1.29 is 13.2 Å². The molecule has 6 heteroatoms. The fourth-order valence-corrected chi connectivity index (χ4v) is 3.84. The van der Waals surface area contributed by atoms with Gasteiger partial charge in [0.1, 0.15) is 9.84 Å². The van der Waals surface area contributed by atoms with Crippen LogP contribution in [0, 0.1) is 5.92 Å². The van der Waals surface area contributed by atoms with Gasteiger partial charge in [0.15, 0.2) is 0 Å². The molecular weight excluding hydrogens is 276 g/mol. The molecule has 2 fully saturated rings. The standard InChI is InChI=1S/C14H26N2O3S/c1-4-14(2)13(17)16(9-10-20(3,18)19)12(15-14)11-7-5-6-8-11/h11-12,15H,4-10H2,1-3H3. The Kier molecular flexibility index (Phi) is 4.44. The van der Waals surface area contributed by atoms with Gasteiger partial charge in [-0.15, -0.1) is 0 Å². The van der Waals surface area contributed by atoms with E-state index < -0.39 is 15.4 Å². The first-order valence-electron chi connectivity index (χ1n) is 7.53. The van der Waals surface area contributed by atoms with Gasteiger partial charge in [-0.3, -0.25) is 10.1 Å². The predicted octanol–water partition coefficient (Wildman–Crippen LogP) is 1.15. The van der Waals surface area contributed by atoms with Gasteiger partial charge in [0.2, 0.25) is 5.91 Å². The summed E-state index contributed by atoms with van der Waals surface area (Å²) in [6.45, 7) is 4.23. The van der Waals surface area contributed by atoms with Crippen LogP contribution in [-0.2, 0) is 14.6 Å². The molecule has 20 heavy (non-hydrogen) atoms. The molecule has 0 aromatic heterocycles. The van der Waals surface area contributed by atoms with E-state index in [4.69, 9.17) is 0 Å². The van der Waals surface area contributed by atoms with Gasteiger partial charge in [0.05, 0.1) is 17.5 Å². The Balaban J connectivity index is 2.16. The number of carbonyl (C=O) groups excluding carboxylic acids is 1. The van der Waals surface area contributed by atoms with E-state index >= 15 is 0 Å². The second-order valence-corrected chi connectivity index (χ2v) is 8.71. The summed E-state index contributed by atoms with van der Waals surface area (Å²) in [5.41, 5.74) is -0.537. The zero-order valence-electron chi connectivity index (χ0n) is 12.7. The largest absolute Gasteiger partial charge is 0.324 e. The summed E-state index contributed by atoms with van der Waals surface area (Å²) in [6, 6.07) is 0. The van der Waals surface area contributed by atoms with Crippen molar-refractivity contribution in [3.05, 3.63) is 0 Å². The Morgan fingerprint density at radius 3 is 2.45 bits per heavy atom. The topological polar surface area (TPSA) is 66.5 Å². The van der Waals surface area contributed by atoms with Gasteiger partial charge in [-0.05, 0) is 32.1 Å². The van der Waals surface area contributed by atoms with Crippen molar-refractivity contribution in [1.82, 2.24) is 10.2 Å². The van der Waals surface area contributed by atoms with Crippen LogP contribution in [0.3, 0.4) is 0 Å². The van der Waals surface area contributed by atoms with E-state index in [9.17, 15) is 13.2 Å². The summed E-state index contributed by atoms with van der Waals surface area (Å²) >= 11 is 0. The number of hydrogen-bond donors (Lipinski definition) is 1. The SMILES string of the molecule is CCC1(C)NC(C2CCCC2)N(CCS(C)(=O)=O)C1=O. The van der Waals surface area contributed by atoms with Crippen LogP contribution in [0.5, 0.6) is 0 Å². The van der Waals surface area contributed by atoms with Gasteiger partial charge >= 0.3 is 0 Å². The van der Waals surface area contributed by atoms with Crippen molar-refractivity contribution in [3.63, 3.8) is 0 Å². The van der Waals surface area contributed by atoms with Crippen LogP contribution < -0.4 is 5.32 Å². The molecule has 2 unspecified atom stereocenters.